The van der Waals surface area contributed by atoms with Gasteiger partial charge < -0.3 is 14.6 Å². The van der Waals surface area contributed by atoms with E-state index in [9.17, 15) is 13.2 Å². The van der Waals surface area contributed by atoms with Crippen LogP contribution in [0.3, 0.4) is 0 Å². The number of aromatic nitrogens is 2. The zero-order valence-electron chi connectivity index (χ0n) is 18.6. The number of hydrogen-bond acceptors (Lipinski definition) is 5. The highest BCUT2D eigenvalue weighted by molar-refractivity contribution is 7.89. The number of carbonyl (C=O) groups excluding carboxylic acids is 1. The SMILES string of the molecule is COc1ccccc1C(=O)N1CCN(S(=O)(=O)c2ccccc2)CC1c1nc2ccccc2[nH]1. The number of hydrogen-bond donors (Lipinski definition) is 1. The lowest BCUT2D eigenvalue weighted by atomic mass is 10.1. The first kappa shape index (κ1) is 22.1. The van der Waals surface area contributed by atoms with Gasteiger partial charge in [-0.1, -0.05) is 42.5 Å². The molecule has 0 bridgehead atoms. The molecule has 1 N–H and O–H groups in total. The normalized spacial score (nSPS) is 17.1. The smallest absolute Gasteiger partial charge is 0.258 e. The van der Waals surface area contributed by atoms with Crippen LogP contribution in [0.1, 0.15) is 22.2 Å². The predicted molar refractivity (Wildman–Crippen MR) is 128 cm³/mol. The van der Waals surface area contributed by atoms with Crippen molar-refractivity contribution in [2.24, 2.45) is 0 Å². The van der Waals surface area contributed by atoms with Gasteiger partial charge in [0.1, 0.15) is 17.6 Å². The van der Waals surface area contributed by atoms with Crippen LogP contribution < -0.4 is 4.74 Å². The van der Waals surface area contributed by atoms with Crippen LogP contribution >= 0.6 is 0 Å². The third kappa shape index (κ3) is 3.93. The van der Waals surface area contributed by atoms with Gasteiger partial charge >= 0.3 is 0 Å². The number of benzene rings is 3. The van der Waals surface area contributed by atoms with Crippen molar-refractivity contribution in [1.29, 1.82) is 0 Å². The molecule has 8 nitrogen and oxygen atoms in total. The second-order valence-corrected chi connectivity index (χ2v) is 9.97. The highest BCUT2D eigenvalue weighted by Crippen LogP contribution is 2.31. The average Bonchev–Trinajstić information content (AvgIpc) is 3.32. The Morgan fingerprint density at radius 1 is 0.971 bits per heavy atom. The molecule has 0 aliphatic carbocycles. The Bertz CT molecular complexity index is 1400. The third-order valence-electron chi connectivity index (χ3n) is 6.05. The average molecular weight is 477 g/mol. The van der Waals surface area contributed by atoms with E-state index >= 15 is 0 Å². The molecular formula is C25H24N4O4S. The molecule has 5 rings (SSSR count). The predicted octanol–water partition coefficient (Wildman–Crippen LogP) is 3.46. The summed E-state index contributed by atoms with van der Waals surface area (Å²) in [6.45, 7) is 0.470. The molecule has 1 atom stereocenters. The zero-order valence-corrected chi connectivity index (χ0v) is 19.4. The summed E-state index contributed by atoms with van der Waals surface area (Å²) in [4.78, 5) is 23.5. The summed E-state index contributed by atoms with van der Waals surface area (Å²) in [5, 5.41) is 0. The number of amides is 1. The van der Waals surface area contributed by atoms with E-state index in [4.69, 9.17) is 9.72 Å². The Morgan fingerprint density at radius 2 is 1.68 bits per heavy atom. The molecule has 34 heavy (non-hydrogen) atoms. The highest BCUT2D eigenvalue weighted by atomic mass is 32.2. The first-order valence-corrected chi connectivity index (χ1v) is 12.4. The topological polar surface area (TPSA) is 95.6 Å². The highest BCUT2D eigenvalue weighted by Gasteiger charge is 2.39. The third-order valence-corrected chi connectivity index (χ3v) is 7.93. The lowest BCUT2D eigenvalue weighted by molar-refractivity contribution is 0.0547. The van der Waals surface area contributed by atoms with Crippen molar-refractivity contribution in [2.75, 3.05) is 26.7 Å². The summed E-state index contributed by atoms with van der Waals surface area (Å²) in [5.74, 6) is 0.771. The second-order valence-electron chi connectivity index (χ2n) is 8.03. The Balaban J connectivity index is 1.55. The number of carbonyl (C=O) groups is 1. The van der Waals surface area contributed by atoms with Gasteiger partial charge in [0.25, 0.3) is 5.91 Å². The summed E-state index contributed by atoms with van der Waals surface area (Å²) in [6.07, 6.45) is 0. The van der Waals surface area contributed by atoms with Gasteiger partial charge in [0.15, 0.2) is 0 Å². The molecular weight excluding hydrogens is 452 g/mol. The fourth-order valence-corrected chi connectivity index (χ4v) is 5.76. The Labute approximate surface area is 197 Å². The molecule has 3 aromatic carbocycles. The molecule has 1 aromatic heterocycles. The van der Waals surface area contributed by atoms with Crippen molar-refractivity contribution in [3.8, 4) is 5.75 Å². The number of rotatable bonds is 5. The van der Waals surface area contributed by atoms with E-state index in [0.717, 1.165) is 11.0 Å². The van der Waals surface area contributed by atoms with Gasteiger partial charge in [0, 0.05) is 19.6 Å². The van der Waals surface area contributed by atoms with E-state index in [2.05, 4.69) is 4.98 Å². The van der Waals surface area contributed by atoms with Crippen LogP contribution in [0.5, 0.6) is 5.75 Å². The van der Waals surface area contributed by atoms with E-state index in [1.165, 1.54) is 11.4 Å². The summed E-state index contributed by atoms with van der Waals surface area (Å²) in [7, 11) is -2.21. The quantitative estimate of drug-likeness (QED) is 0.476. The molecule has 0 spiro atoms. The van der Waals surface area contributed by atoms with Crippen molar-refractivity contribution in [3.63, 3.8) is 0 Å². The molecule has 1 aliphatic rings. The maximum Gasteiger partial charge on any atom is 0.258 e. The van der Waals surface area contributed by atoms with Gasteiger partial charge in [-0.05, 0) is 36.4 Å². The molecule has 2 heterocycles. The molecule has 1 fully saturated rings. The summed E-state index contributed by atoms with van der Waals surface area (Å²) >= 11 is 0. The number of methoxy groups -OCH3 is 1. The van der Waals surface area contributed by atoms with Crippen molar-refractivity contribution in [2.45, 2.75) is 10.9 Å². The summed E-state index contributed by atoms with van der Waals surface area (Å²) in [5.41, 5.74) is 2.00. The van der Waals surface area contributed by atoms with Crippen molar-refractivity contribution >= 4 is 27.0 Å². The van der Waals surface area contributed by atoms with Crippen LogP contribution in [-0.4, -0.2) is 60.2 Å². The largest absolute Gasteiger partial charge is 0.496 e. The minimum absolute atomic E-state index is 0.0813. The molecule has 0 saturated carbocycles. The fourth-order valence-electron chi connectivity index (χ4n) is 4.30. The van der Waals surface area contributed by atoms with Gasteiger partial charge in [0.05, 0.1) is 28.6 Å². The van der Waals surface area contributed by atoms with Crippen LogP contribution in [-0.2, 0) is 10.0 Å². The molecule has 1 saturated heterocycles. The molecule has 1 amide bonds. The number of aromatic amines is 1. The first-order chi connectivity index (χ1) is 16.5. The van der Waals surface area contributed by atoms with Crippen molar-refractivity contribution in [1.82, 2.24) is 19.2 Å². The number of H-pyrrole nitrogens is 1. The fraction of sp³-hybridized carbons (Fsp3) is 0.200. The van der Waals surface area contributed by atoms with Crippen LogP contribution in [0.2, 0.25) is 0 Å². The Kier molecular flexibility index (Phi) is 5.80. The maximum atomic E-state index is 13.6. The Morgan fingerprint density at radius 3 is 2.44 bits per heavy atom. The number of nitrogens with one attached hydrogen (secondary N) is 1. The van der Waals surface area contributed by atoms with Gasteiger partial charge in [-0.2, -0.15) is 4.31 Å². The van der Waals surface area contributed by atoms with E-state index in [-0.39, 0.29) is 30.4 Å². The van der Waals surface area contributed by atoms with Gasteiger partial charge in [0.2, 0.25) is 10.0 Å². The molecule has 4 aromatic rings. The van der Waals surface area contributed by atoms with E-state index in [1.807, 2.05) is 24.3 Å². The van der Waals surface area contributed by atoms with Crippen molar-refractivity contribution < 1.29 is 17.9 Å². The minimum Gasteiger partial charge on any atom is -0.496 e. The van der Waals surface area contributed by atoms with E-state index in [1.54, 1.807) is 59.5 Å². The molecule has 1 unspecified atom stereocenters. The van der Waals surface area contributed by atoms with Crippen LogP contribution in [0.15, 0.2) is 83.8 Å². The van der Waals surface area contributed by atoms with Crippen LogP contribution in [0, 0.1) is 0 Å². The number of fused-ring (bicyclic) bond motifs is 1. The number of sulfonamides is 1. The molecule has 0 radical (unpaired) electrons. The minimum atomic E-state index is -3.73. The second kappa shape index (κ2) is 8.92. The van der Waals surface area contributed by atoms with E-state index < -0.39 is 16.1 Å². The van der Waals surface area contributed by atoms with Crippen LogP contribution in [0.25, 0.3) is 11.0 Å². The van der Waals surface area contributed by atoms with Crippen LogP contribution in [0.4, 0.5) is 0 Å². The lowest BCUT2D eigenvalue weighted by Crippen LogP contribution is -2.52. The number of imidazole rings is 1. The maximum absolute atomic E-state index is 13.6. The molecule has 1 aliphatic heterocycles. The Hall–Kier alpha value is -3.69. The monoisotopic (exact) mass is 476 g/mol. The van der Waals surface area contributed by atoms with E-state index in [0.29, 0.717) is 17.1 Å². The zero-order chi connectivity index (χ0) is 23.7. The summed E-state index contributed by atoms with van der Waals surface area (Å²) in [6, 6.07) is 22.3. The van der Waals surface area contributed by atoms with Gasteiger partial charge in [-0.25, -0.2) is 13.4 Å². The summed E-state index contributed by atoms with van der Waals surface area (Å²) < 4.78 is 33.5. The molecule has 9 heteroatoms. The number of nitrogens with zero attached hydrogens (tertiary/aromatic N) is 3. The standard InChI is InChI=1S/C25H24N4O4S/c1-33-23-14-8-5-11-19(23)25(30)29-16-15-28(34(31,32)18-9-3-2-4-10-18)17-22(29)24-26-20-12-6-7-13-21(20)27-24/h2-14,22H,15-17H2,1H3,(H,26,27). The number of para-hydroxylation sites is 3. The first-order valence-electron chi connectivity index (χ1n) is 10.9. The van der Waals surface area contributed by atoms with Gasteiger partial charge in [-0.3, -0.25) is 4.79 Å². The molecule has 174 valence electrons. The lowest BCUT2D eigenvalue weighted by Gasteiger charge is -2.40. The number of ether oxygens (including phenoxy) is 1. The number of piperazine rings is 1. The van der Waals surface area contributed by atoms with Crippen molar-refractivity contribution in [3.05, 3.63) is 90.3 Å². The van der Waals surface area contributed by atoms with Gasteiger partial charge in [-0.15, -0.1) is 0 Å².